The van der Waals surface area contributed by atoms with Crippen LogP contribution < -0.4 is 0 Å². The summed E-state index contributed by atoms with van der Waals surface area (Å²) in [6.07, 6.45) is 8.62. The molecule has 1 spiro atoms. The number of pyridine rings is 1. The minimum atomic E-state index is 0.393. The first-order chi connectivity index (χ1) is 10.7. The zero-order valence-electron chi connectivity index (χ0n) is 13.1. The molecular formula is C17H23N5. The van der Waals surface area contributed by atoms with Gasteiger partial charge < -0.3 is 0 Å². The van der Waals surface area contributed by atoms with Gasteiger partial charge in [-0.25, -0.2) is 0 Å². The lowest BCUT2D eigenvalue weighted by Gasteiger charge is -2.51. The first-order valence-electron chi connectivity index (χ1n) is 8.08. The first kappa shape index (κ1) is 13.9. The molecule has 2 aliphatic rings. The number of likely N-dealkylation sites (tertiary alicyclic amines) is 2. The van der Waals surface area contributed by atoms with Gasteiger partial charge in [0.1, 0.15) is 0 Å². The summed E-state index contributed by atoms with van der Waals surface area (Å²) in [4.78, 5) is 9.65. The van der Waals surface area contributed by atoms with Crippen molar-refractivity contribution >= 4 is 0 Å². The predicted molar refractivity (Wildman–Crippen MR) is 85.1 cm³/mol. The summed E-state index contributed by atoms with van der Waals surface area (Å²) in [6, 6.07) is 6.18. The molecule has 0 N–H and O–H groups in total. The maximum atomic E-state index is 4.46. The number of aromatic nitrogens is 3. The van der Waals surface area contributed by atoms with Gasteiger partial charge in [-0.3, -0.25) is 19.5 Å². The van der Waals surface area contributed by atoms with Crippen LogP contribution in [0.4, 0.5) is 0 Å². The summed E-state index contributed by atoms with van der Waals surface area (Å²) >= 11 is 0. The minimum Gasteiger partial charge on any atom is -0.296 e. The molecule has 2 aromatic rings. The Labute approximate surface area is 131 Å². The van der Waals surface area contributed by atoms with Crippen LogP contribution in [0.15, 0.2) is 36.8 Å². The van der Waals surface area contributed by atoms with Crippen molar-refractivity contribution in [3.8, 4) is 0 Å². The van der Waals surface area contributed by atoms with Crippen molar-refractivity contribution < 1.29 is 0 Å². The second kappa shape index (κ2) is 5.48. The third-order valence-corrected chi connectivity index (χ3v) is 5.17. The molecule has 0 saturated carbocycles. The molecule has 5 nitrogen and oxygen atoms in total. The van der Waals surface area contributed by atoms with Crippen molar-refractivity contribution in [2.75, 3.05) is 19.6 Å². The predicted octanol–water partition coefficient (Wildman–Crippen LogP) is 1.67. The van der Waals surface area contributed by atoms with E-state index in [0.717, 1.165) is 13.1 Å². The Balaban J connectivity index is 1.39. The summed E-state index contributed by atoms with van der Waals surface area (Å²) in [5.74, 6) is 0. The van der Waals surface area contributed by atoms with Gasteiger partial charge in [0.2, 0.25) is 0 Å². The molecule has 0 aromatic carbocycles. The normalized spacial score (nSPS) is 25.7. The van der Waals surface area contributed by atoms with Crippen molar-refractivity contribution in [2.45, 2.75) is 31.5 Å². The second-order valence-electron chi connectivity index (χ2n) is 6.70. The van der Waals surface area contributed by atoms with Gasteiger partial charge in [0, 0.05) is 63.3 Å². The van der Waals surface area contributed by atoms with Gasteiger partial charge in [-0.15, -0.1) is 0 Å². The van der Waals surface area contributed by atoms with E-state index in [9.17, 15) is 0 Å². The molecule has 22 heavy (non-hydrogen) atoms. The Morgan fingerprint density at radius 2 is 2.09 bits per heavy atom. The minimum absolute atomic E-state index is 0.393. The van der Waals surface area contributed by atoms with Gasteiger partial charge in [-0.05, 0) is 25.0 Å². The number of nitrogens with zero attached hydrogens (tertiary/aromatic N) is 5. The Morgan fingerprint density at radius 3 is 2.77 bits per heavy atom. The quantitative estimate of drug-likeness (QED) is 0.860. The highest BCUT2D eigenvalue weighted by molar-refractivity contribution is 5.12. The number of aryl methyl sites for hydroxylation is 1. The van der Waals surface area contributed by atoms with Crippen LogP contribution in [0.3, 0.4) is 0 Å². The standard InChI is InChI=1S/C17H23N5/c1-20-11-15(10-19-20)12-22-9-6-17(22)5-8-21(14-17)13-16-4-2-3-7-18-16/h2-4,7,10-11H,5-6,8-9,12-14H2,1H3. The zero-order chi connectivity index (χ0) is 15.0. The van der Waals surface area contributed by atoms with Crippen LogP contribution in [0.5, 0.6) is 0 Å². The lowest BCUT2D eigenvalue weighted by molar-refractivity contribution is -0.0146. The van der Waals surface area contributed by atoms with Gasteiger partial charge in [-0.1, -0.05) is 6.07 Å². The second-order valence-corrected chi connectivity index (χ2v) is 6.70. The summed E-state index contributed by atoms with van der Waals surface area (Å²) in [7, 11) is 1.99. The fraction of sp³-hybridized carbons (Fsp3) is 0.529. The molecule has 2 aliphatic heterocycles. The van der Waals surface area contributed by atoms with E-state index in [1.54, 1.807) is 0 Å². The molecular weight excluding hydrogens is 274 g/mol. The summed E-state index contributed by atoms with van der Waals surface area (Å²) < 4.78 is 1.89. The molecule has 116 valence electrons. The van der Waals surface area contributed by atoms with Crippen LogP contribution in [-0.2, 0) is 20.1 Å². The average Bonchev–Trinajstić information content (AvgIpc) is 3.13. The molecule has 4 heterocycles. The van der Waals surface area contributed by atoms with E-state index in [0.29, 0.717) is 5.54 Å². The fourth-order valence-electron chi connectivity index (χ4n) is 3.87. The van der Waals surface area contributed by atoms with Crippen LogP contribution >= 0.6 is 0 Å². The third-order valence-electron chi connectivity index (χ3n) is 5.17. The molecule has 0 amide bonds. The highest BCUT2D eigenvalue weighted by Gasteiger charge is 2.48. The van der Waals surface area contributed by atoms with E-state index in [4.69, 9.17) is 0 Å². The molecule has 5 heteroatoms. The third kappa shape index (κ3) is 2.55. The highest BCUT2D eigenvalue weighted by Crippen LogP contribution is 2.40. The molecule has 1 atom stereocenters. The highest BCUT2D eigenvalue weighted by atomic mass is 15.3. The lowest BCUT2D eigenvalue weighted by atomic mass is 9.83. The van der Waals surface area contributed by atoms with E-state index >= 15 is 0 Å². The largest absolute Gasteiger partial charge is 0.296 e. The van der Waals surface area contributed by atoms with Gasteiger partial charge in [-0.2, -0.15) is 5.10 Å². The maximum Gasteiger partial charge on any atom is 0.0543 e. The number of hydrogen-bond acceptors (Lipinski definition) is 4. The Kier molecular flexibility index (Phi) is 3.47. The average molecular weight is 297 g/mol. The molecule has 1 unspecified atom stereocenters. The van der Waals surface area contributed by atoms with Crippen molar-refractivity contribution in [3.05, 3.63) is 48.0 Å². The fourth-order valence-corrected chi connectivity index (χ4v) is 3.87. The van der Waals surface area contributed by atoms with Crippen molar-refractivity contribution in [1.82, 2.24) is 24.6 Å². The monoisotopic (exact) mass is 297 g/mol. The van der Waals surface area contributed by atoms with Crippen molar-refractivity contribution in [3.63, 3.8) is 0 Å². The van der Waals surface area contributed by atoms with Gasteiger partial charge in [0.15, 0.2) is 0 Å². The molecule has 2 aromatic heterocycles. The lowest BCUT2D eigenvalue weighted by Crippen LogP contribution is -2.60. The van der Waals surface area contributed by atoms with Gasteiger partial charge in [0.25, 0.3) is 0 Å². The van der Waals surface area contributed by atoms with Crippen molar-refractivity contribution in [1.29, 1.82) is 0 Å². The van der Waals surface area contributed by atoms with Crippen molar-refractivity contribution in [2.24, 2.45) is 7.05 Å². The van der Waals surface area contributed by atoms with E-state index in [2.05, 4.69) is 38.2 Å². The van der Waals surface area contributed by atoms with Crippen LogP contribution in [0, 0.1) is 0 Å². The molecule has 2 saturated heterocycles. The molecule has 0 bridgehead atoms. The maximum absolute atomic E-state index is 4.46. The number of rotatable bonds is 4. The van der Waals surface area contributed by atoms with Crippen LogP contribution in [-0.4, -0.2) is 49.7 Å². The first-order valence-corrected chi connectivity index (χ1v) is 8.08. The van der Waals surface area contributed by atoms with E-state index in [-0.39, 0.29) is 0 Å². The zero-order valence-corrected chi connectivity index (χ0v) is 13.1. The Hall–Kier alpha value is -1.72. The van der Waals surface area contributed by atoms with Gasteiger partial charge in [0.05, 0.1) is 11.9 Å². The topological polar surface area (TPSA) is 37.2 Å². The van der Waals surface area contributed by atoms with E-state index in [1.165, 1.54) is 43.7 Å². The van der Waals surface area contributed by atoms with E-state index in [1.807, 2.05) is 30.2 Å². The summed E-state index contributed by atoms with van der Waals surface area (Å²) in [5.41, 5.74) is 2.90. The number of hydrogen-bond donors (Lipinski definition) is 0. The molecule has 2 fully saturated rings. The van der Waals surface area contributed by atoms with Crippen LogP contribution in [0.2, 0.25) is 0 Å². The smallest absolute Gasteiger partial charge is 0.0543 e. The Bertz CT molecular complexity index is 638. The molecule has 4 rings (SSSR count). The molecule has 0 radical (unpaired) electrons. The Morgan fingerprint density at radius 1 is 1.18 bits per heavy atom. The summed E-state index contributed by atoms with van der Waals surface area (Å²) in [5, 5.41) is 4.29. The van der Waals surface area contributed by atoms with Gasteiger partial charge >= 0.3 is 0 Å². The van der Waals surface area contributed by atoms with E-state index < -0.39 is 0 Å². The summed E-state index contributed by atoms with van der Waals surface area (Å²) in [6.45, 7) is 5.57. The van der Waals surface area contributed by atoms with Crippen LogP contribution in [0.25, 0.3) is 0 Å². The van der Waals surface area contributed by atoms with Crippen LogP contribution in [0.1, 0.15) is 24.1 Å². The molecule has 0 aliphatic carbocycles. The SMILES string of the molecule is Cn1cc(CN2CCC23CCN(Cc2ccccn2)C3)cn1.